The average Bonchev–Trinajstić information content (AvgIpc) is 3.11. The number of hydrogen-bond donors (Lipinski definition) is 1. The van der Waals surface area contributed by atoms with Crippen molar-refractivity contribution in [3.05, 3.63) is 54.4 Å². The van der Waals surface area contributed by atoms with Crippen LogP contribution in [0, 0.1) is 5.41 Å². The second-order valence-corrected chi connectivity index (χ2v) is 7.03. The molecule has 1 aromatic heterocycles. The van der Waals surface area contributed by atoms with Crippen molar-refractivity contribution in [1.82, 2.24) is 15.2 Å². The number of hydrogen-bond acceptors (Lipinski definition) is 4. The lowest BCUT2D eigenvalue weighted by atomic mass is 9.78. The average molecular weight is 410 g/mol. The molecule has 0 radical (unpaired) electrons. The van der Waals surface area contributed by atoms with Crippen molar-refractivity contribution in [3.8, 4) is 11.5 Å². The fraction of sp³-hybridized carbons (Fsp3) is 0.400. The standard InChI is InChI=1S/C20H23N3O2.2ClH/c24-19(23-12-7-20(8-13-23)6-11-22-15-20)16-2-1-3-18(14-16)25-17-4-9-21-10-5-17;;/h1-5,9-10,14,22H,6-8,11-13,15H2;2*1H. The van der Waals surface area contributed by atoms with Crippen LogP contribution in [0.1, 0.15) is 29.6 Å². The van der Waals surface area contributed by atoms with Crippen LogP contribution in [0.15, 0.2) is 48.8 Å². The maximum absolute atomic E-state index is 12.9. The molecule has 3 heterocycles. The number of carbonyl (C=O) groups is 1. The van der Waals surface area contributed by atoms with Gasteiger partial charge in [-0.15, -0.1) is 24.8 Å². The van der Waals surface area contributed by atoms with E-state index >= 15 is 0 Å². The lowest BCUT2D eigenvalue weighted by Gasteiger charge is -2.38. The van der Waals surface area contributed by atoms with E-state index in [1.165, 1.54) is 6.42 Å². The molecule has 1 spiro atoms. The fourth-order valence-corrected chi connectivity index (χ4v) is 3.82. The zero-order valence-electron chi connectivity index (χ0n) is 15.1. The van der Waals surface area contributed by atoms with Gasteiger partial charge in [-0.25, -0.2) is 0 Å². The number of carbonyl (C=O) groups excluding carboxylic acids is 1. The van der Waals surface area contributed by atoms with Crippen LogP contribution in [0.25, 0.3) is 0 Å². The van der Waals surface area contributed by atoms with Gasteiger partial charge in [-0.1, -0.05) is 6.07 Å². The highest BCUT2D eigenvalue weighted by atomic mass is 35.5. The van der Waals surface area contributed by atoms with Gasteiger partial charge in [0.05, 0.1) is 0 Å². The van der Waals surface area contributed by atoms with E-state index in [2.05, 4.69) is 10.3 Å². The Hall–Kier alpha value is -1.82. The van der Waals surface area contributed by atoms with Gasteiger partial charge in [-0.3, -0.25) is 9.78 Å². The Kier molecular flexibility index (Phi) is 7.48. The molecule has 0 saturated carbocycles. The summed E-state index contributed by atoms with van der Waals surface area (Å²) < 4.78 is 5.81. The molecule has 1 N–H and O–H groups in total. The van der Waals surface area contributed by atoms with Crippen molar-refractivity contribution in [2.24, 2.45) is 5.41 Å². The minimum atomic E-state index is 0. The lowest BCUT2D eigenvalue weighted by Crippen LogP contribution is -2.44. The molecule has 0 unspecified atom stereocenters. The Bertz CT molecular complexity index is 742. The first-order valence-corrected chi connectivity index (χ1v) is 8.92. The van der Waals surface area contributed by atoms with Gasteiger partial charge in [-0.2, -0.15) is 0 Å². The SMILES string of the molecule is Cl.Cl.O=C(c1cccc(Oc2ccncc2)c1)N1CCC2(CCNC2)CC1. The van der Waals surface area contributed by atoms with E-state index in [9.17, 15) is 4.79 Å². The largest absolute Gasteiger partial charge is 0.457 e. The van der Waals surface area contributed by atoms with Gasteiger partial charge in [0, 0.05) is 37.6 Å². The van der Waals surface area contributed by atoms with Gasteiger partial charge in [0.1, 0.15) is 11.5 Å². The van der Waals surface area contributed by atoms with Crippen LogP contribution < -0.4 is 10.1 Å². The lowest BCUT2D eigenvalue weighted by molar-refractivity contribution is 0.0607. The van der Waals surface area contributed by atoms with E-state index in [1.54, 1.807) is 24.5 Å². The van der Waals surface area contributed by atoms with Crippen molar-refractivity contribution in [2.45, 2.75) is 19.3 Å². The number of likely N-dealkylation sites (tertiary alicyclic amines) is 1. The molecule has 2 aliphatic heterocycles. The van der Waals surface area contributed by atoms with Crippen LogP contribution in [0.5, 0.6) is 11.5 Å². The highest BCUT2D eigenvalue weighted by Gasteiger charge is 2.38. The number of nitrogens with zero attached hydrogens (tertiary/aromatic N) is 2. The minimum Gasteiger partial charge on any atom is -0.457 e. The molecule has 4 rings (SSSR count). The predicted octanol–water partition coefficient (Wildman–Crippen LogP) is 3.93. The van der Waals surface area contributed by atoms with Crippen LogP contribution in [-0.4, -0.2) is 42.0 Å². The summed E-state index contributed by atoms with van der Waals surface area (Å²) >= 11 is 0. The molecule has 0 aliphatic carbocycles. The maximum atomic E-state index is 12.9. The fourth-order valence-electron chi connectivity index (χ4n) is 3.82. The Labute approximate surface area is 172 Å². The van der Waals surface area contributed by atoms with Crippen molar-refractivity contribution in [1.29, 1.82) is 0 Å². The van der Waals surface area contributed by atoms with Crippen molar-refractivity contribution >= 4 is 30.7 Å². The molecule has 146 valence electrons. The third-order valence-corrected chi connectivity index (χ3v) is 5.41. The zero-order chi connectivity index (χ0) is 17.1. The number of pyridine rings is 1. The number of rotatable bonds is 3. The third kappa shape index (κ3) is 4.92. The molecule has 2 saturated heterocycles. The molecule has 2 fully saturated rings. The summed E-state index contributed by atoms with van der Waals surface area (Å²) in [6.07, 6.45) is 6.81. The second kappa shape index (κ2) is 9.40. The Balaban J connectivity index is 0.00000131. The normalized spacial score (nSPS) is 17.7. The van der Waals surface area contributed by atoms with E-state index in [1.807, 2.05) is 29.2 Å². The molecule has 0 atom stereocenters. The number of piperidine rings is 1. The van der Waals surface area contributed by atoms with Gasteiger partial charge in [0.15, 0.2) is 0 Å². The number of aromatic nitrogens is 1. The number of nitrogens with one attached hydrogen (secondary N) is 1. The summed E-state index contributed by atoms with van der Waals surface area (Å²) in [7, 11) is 0. The minimum absolute atomic E-state index is 0. The monoisotopic (exact) mass is 409 g/mol. The molecular formula is C20H25Cl2N3O2. The Morgan fingerprint density at radius 1 is 1.04 bits per heavy atom. The van der Waals surface area contributed by atoms with Crippen molar-refractivity contribution < 1.29 is 9.53 Å². The van der Waals surface area contributed by atoms with E-state index in [4.69, 9.17) is 4.74 Å². The van der Waals surface area contributed by atoms with Crippen LogP contribution >= 0.6 is 24.8 Å². The quantitative estimate of drug-likeness (QED) is 0.833. The summed E-state index contributed by atoms with van der Waals surface area (Å²) in [4.78, 5) is 18.8. The summed E-state index contributed by atoms with van der Waals surface area (Å²) in [5, 5.41) is 3.46. The smallest absolute Gasteiger partial charge is 0.253 e. The molecule has 27 heavy (non-hydrogen) atoms. The molecule has 1 amide bonds. The highest BCUT2D eigenvalue weighted by Crippen LogP contribution is 2.37. The number of amides is 1. The van der Waals surface area contributed by atoms with E-state index in [0.717, 1.165) is 39.0 Å². The van der Waals surface area contributed by atoms with Crippen molar-refractivity contribution in [3.63, 3.8) is 0 Å². The predicted molar refractivity (Wildman–Crippen MR) is 110 cm³/mol. The highest BCUT2D eigenvalue weighted by molar-refractivity contribution is 5.94. The number of benzene rings is 1. The number of halogens is 2. The van der Waals surface area contributed by atoms with Gasteiger partial charge in [0.2, 0.25) is 0 Å². The topological polar surface area (TPSA) is 54.5 Å². The second-order valence-electron chi connectivity index (χ2n) is 7.03. The summed E-state index contributed by atoms with van der Waals surface area (Å²) in [6, 6.07) is 11.0. The first-order valence-electron chi connectivity index (χ1n) is 8.92. The molecular weight excluding hydrogens is 385 g/mol. The summed E-state index contributed by atoms with van der Waals surface area (Å²) in [5.74, 6) is 1.49. The van der Waals surface area contributed by atoms with Gasteiger partial charge < -0.3 is 15.0 Å². The van der Waals surface area contributed by atoms with Gasteiger partial charge in [0.25, 0.3) is 5.91 Å². The Morgan fingerprint density at radius 3 is 2.44 bits per heavy atom. The molecule has 1 aromatic carbocycles. The number of ether oxygens (including phenoxy) is 1. The van der Waals surface area contributed by atoms with Crippen LogP contribution in [-0.2, 0) is 0 Å². The first-order chi connectivity index (χ1) is 12.2. The zero-order valence-corrected chi connectivity index (χ0v) is 16.7. The molecule has 5 nitrogen and oxygen atoms in total. The van der Waals surface area contributed by atoms with Crippen LogP contribution in [0.4, 0.5) is 0 Å². The molecule has 2 aliphatic rings. The molecule has 0 bridgehead atoms. The summed E-state index contributed by atoms with van der Waals surface area (Å²) in [5.41, 5.74) is 1.11. The van der Waals surface area contributed by atoms with Crippen molar-refractivity contribution in [2.75, 3.05) is 26.2 Å². The third-order valence-electron chi connectivity index (χ3n) is 5.41. The van der Waals surface area contributed by atoms with Gasteiger partial charge >= 0.3 is 0 Å². The molecule has 7 heteroatoms. The van der Waals surface area contributed by atoms with E-state index < -0.39 is 0 Å². The molecule has 2 aromatic rings. The van der Waals surface area contributed by atoms with E-state index in [0.29, 0.717) is 22.5 Å². The maximum Gasteiger partial charge on any atom is 0.253 e. The van der Waals surface area contributed by atoms with Crippen LogP contribution in [0.3, 0.4) is 0 Å². The van der Waals surface area contributed by atoms with E-state index in [-0.39, 0.29) is 30.7 Å². The van der Waals surface area contributed by atoms with Gasteiger partial charge in [-0.05, 0) is 61.6 Å². The first kappa shape index (κ1) is 21.5. The van der Waals surface area contributed by atoms with Crippen LogP contribution in [0.2, 0.25) is 0 Å². The summed E-state index contributed by atoms with van der Waals surface area (Å²) in [6.45, 7) is 3.90. The Morgan fingerprint density at radius 2 is 1.78 bits per heavy atom.